The summed E-state index contributed by atoms with van der Waals surface area (Å²) in [5.74, 6) is 2.38. The summed E-state index contributed by atoms with van der Waals surface area (Å²) in [6.45, 7) is 0.486. The predicted molar refractivity (Wildman–Crippen MR) is 105 cm³/mol. The van der Waals surface area contributed by atoms with Gasteiger partial charge in [0, 0.05) is 11.8 Å². The first-order valence-electron chi connectivity index (χ1n) is 9.50. The van der Waals surface area contributed by atoms with Gasteiger partial charge in [-0.15, -0.1) is 0 Å². The lowest BCUT2D eigenvalue weighted by Gasteiger charge is -2.21. The summed E-state index contributed by atoms with van der Waals surface area (Å²) in [4.78, 5) is 0. The normalized spacial score (nSPS) is 28.1. The van der Waals surface area contributed by atoms with E-state index in [0.717, 1.165) is 11.1 Å². The van der Waals surface area contributed by atoms with Crippen LogP contribution < -0.4 is 18.9 Å². The van der Waals surface area contributed by atoms with E-state index in [1.165, 1.54) is 0 Å². The second-order valence-corrected chi connectivity index (χ2v) is 7.17. The van der Waals surface area contributed by atoms with Gasteiger partial charge in [0.05, 0.1) is 47.3 Å². The molecule has 2 saturated heterocycles. The third kappa shape index (κ3) is 3.39. The molecule has 0 amide bonds. The van der Waals surface area contributed by atoms with Crippen molar-refractivity contribution in [1.29, 1.82) is 0 Å². The maximum absolute atomic E-state index is 10.7. The molecule has 2 aliphatic rings. The molecule has 4 rings (SSSR count). The number of benzene rings is 2. The smallest absolute Gasteiger partial charge is 0.161 e. The van der Waals surface area contributed by atoms with Crippen molar-refractivity contribution in [3.63, 3.8) is 0 Å². The maximum Gasteiger partial charge on any atom is 0.161 e. The Bertz CT molecular complexity index is 815. The summed E-state index contributed by atoms with van der Waals surface area (Å²) < 4.78 is 33.5. The molecule has 0 saturated carbocycles. The van der Waals surface area contributed by atoms with Crippen molar-refractivity contribution >= 4 is 0 Å². The Morgan fingerprint density at radius 2 is 1.28 bits per heavy atom. The highest BCUT2D eigenvalue weighted by molar-refractivity contribution is 5.45. The van der Waals surface area contributed by atoms with Gasteiger partial charge in [-0.1, -0.05) is 12.1 Å². The fraction of sp³-hybridized carbons (Fsp3) is 0.455. The lowest BCUT2D eigenvalue weighted by atomic mass is 9.84. The Morgan fingerprint density at radius 1 is 0.759 bits per heavy atom. The van der Waals surface area contributed by atoms with Crippen molar-refractivity contribution in [3.8, 4) is 23.0 Å². The Balaban J connectivity index is 1.61. The molecule has 156 valence electrons. The highest BCUT2D eigenvalue weighted by Crippen LogP contribution is 2.53. The van der Waals surface area contributed by atoms with Crippen LogP contribution in [0.15, 0.2) is 36.4 Å². The Labute approximate surface area is 170 Å². The van der Waals surface area contributed by atoms with Crippen molar-refractivity contribution in [2.45, 2.75) is 18.5 Å². The van der Waals surface area contributed by atoms with Crippen LogP contribution in [0, 0.1) is 11.8 Å². The number of aliphatic hydroxyl groups excluding tert-OH is 1. The van der Waals surface area contributed by atoms with Gasteiger partial charge in [-0.25, -0.2) is 0 Å². The molecule has 2 aliphatic heterocycles. The molecule has 2 fully saturated rings. The van der Waals surface area contributed by atoms with E-state index in [-0.39, 0.29) is 24.0 Å². The standard InChI is InChI=1S/C22H26O7/c1-24-15-7-5-12(9-17(15)26-3)20-14-11-28-21(19(14)22(23)29-20)13-6-8-16(25-2)18(10-13)27-4/h5-10,14,19-23H,11H2,1-4H3/t14-,19-,20+,21+,22+/m0/s1. The molecule has 0 unspecified atom stereocenters. The van der Waals surface area contributed by atoms with E-state index < -0.39 is 6.29 Å². The molecule has 2 heterocycles. The summed E-state index contributed by atoms with van der Waals surface area (Å²) in [5.41, 5.74) is 1.84. The summed E-state index contributed by atoms with van der Waals surface area (Å²) in [5, 5.41) is 10.7. The van der Waals surface area contributed by atoms with Crippen molar-refractivity contribution in [1.82, 2.24) is 0 Å². The Morgan fingerprint density at radius 3 is 1.79 bits per heavy atom. The number of ether oxygens (including phenoxy) is 6. The molecule has 2 aromatic rings. The van der Waals surface area contributed by atoms with Gasteiger partial charge in [-0.05, 0) is 35.4 Å². The number of aliphatic hydroxyl groups is 1. The number of methoxy groups -OCH3 is 4. The average molecular weight is 402 g/mol. The number of hydrogen-bond donors (Lipinski definition) is 1. The lowest BCUT2D eigenvalue weighted by Crippen LogP contribution is -2.22. The molecule has 29 heavy (non-hydrogen) atoms. The van der Waals surface area contributed by atoms with Crippen LogP contribution in [0.2, 0.25) is 0 Å². The van der Waals surface area contributed by atoms with Crippen LogP contribution in [0.5, 0.6) is 23.0 Å². The minimum atomic E-state index is -0.932. The van der Waals surface area contributed by atoms with Crippen LogP contribution in [0.1, 0.15) is 23.3 Å². The van der Waals surface area contributed by atoms with Gasteiger partial charge >= 0.3 is 0 Å². The van der Waals surface area contributed by atoms with E-state index in [1.54, 1.807) is 28.4 Å². The van der Waals surface area contributed by atoms with Gasteiger partial charge in [0.15, 0.2) is 29.3 Å². The van der Waals surface area contributed by atoms with Crippen molar-refractivity contribution < 1.29 is 33.5 Å². The quantitative estimate of drug-likeness (QED) is 0.796. The first-order chi connectivity index (χ1) is 14.1. The van der Waals surface area contributed by atoms with Crippen molar-refractivity contribution in [3.05, 3.63) is 47.5 Å². The van der Waals surface area contributed by atoms with Crippen molar-refractivity contribution in [2.75, 3.05) is 35.0 Å². The summed E-state index contributed by atoms with van der Waals surface area (Å²) in [6.07, 6.45) is -1.52. The van der Waals surface area contributed by atoms with Gasteiger partial charge < -0.3 is 33.5 Å². The Hall–Kier alpha value is -2.48. The summed E-state index contributed by atoms with van der Waals surface area (Å²) in [7, 11) is 6.39. The van der Waals surface area contributed by atoms with E-state index >= 15 is 0 Å². The molecule has 0 aliphatic carbocycles. The minimum Gasteiger partial charge on any atom is -0.493 e. The van der Waals surface area contributed by atoms with Crippen LogP contribution in [-0.4, -0.2) is 46.4 Å². The first-order valence-corrected chi connectivity index (χ1v) is 9.50. The van der Waals surface area contributed by atoms with Crippen LogP contribution in [0.25, 0.3) is 0 Å². The summed E-state index contributed by atoms with van der Waals surface area (Å²) >= 11 is 0. The molecular formula is C22H26O7. The van der Waals surface area contributed by atoms with E-state index in [0.29, 0.717) is 29.6 Å². The van der Waals surface area contributed by atoms with Crippen LogP contribution >= 0.6 is 0 Å². The first kappa shape index (κ1) is 19.8. The van der Waals surface area contributed by atoms with Crippen LogP contribution in [0.3, 0.4) is 0 Å². The highest BCUT2D eigenvalue weighted by atomic mass is 16.6. The van der Waals surface area contributed by atoms with Crippen LogP contribution in [-0.2, 0) is 9.47 Å². The molecule has 1 N–H and O–H groups in total. The van der Waals surface area contributed by atoms with E-state index in [2.05, 4.69) is 0 Å². The van der Waals surface area contributed by atoms with Crippen molar-refractivity contribution in [2.24, 2.45) is 11.8 Å². The molecule has 7 nitrogen and oxygen atoms in total. The zero-order valence-corrected chi connectivity index (χ0v) is 17.0. The molecular weight excluding hydrogens is 376 g/mol. The van der Waals surface area contributed by atoms with Gasteiger partial charge in [0.1, 0.15) is 0 Å². The fourth-order valence-electron chi connectivity index (χ4n) is 4.36. The predicted octanol–water partition coefficient (Wildman–Crippen LogP) is 3.11. The molecule has 2 aromatic carbocycles. The molecule has 0 radical (unpaired) electrons. The molecule has 0 aromatic heterocycles. The van der Waals surface area contributed by atoms with E-state index in [9.17, 15) is 5.11 Å². The maximum atomic E-state index is 10.7. The average Bonchev–Trinajstić information content (AvgIpc) is 3.34. The summed E-state index contributed by atoms with van der Waals surface area (Å²) in [6, 6.07) is 11.3. The fourth-order valence-corrected chi connectivity index (χ4v) is 4.36. The van der Waals surface area contributed by atoms with Gasteiger partial charge in [0.2, 0.25) is 0 Å². The minimum absolute atomic E-state index is 0.0150. The van der Waals surface area contributed by atoms with E-state index in [4.69, 9.17) is 28.4 Å². The second-order valence-electron chi connectivity index (χ2n) is 7.17. The number of fused-ring (bicyclic) bond motifs is 1. The SMILES string of the molecule is COc1ccc([C@H]2O[C@@H](O)[C@H]3[C@@H]2CO[C@@H]3c2ccc(OC)c(OC)c2)cc1OC. The van der Waals surface area contributed by atoms with Gasteiger partial charge in [-0.3, -0.25) is 0 Å². The lowest BCUT2D eigenvalue weighted by molar-refractivity contribution is -0.134. The largest absolute Gasteiger partial charge is 0.493 e. The monoisotopic (exact) mass is 402 g/mol. The third-order valence-electron chi connectivity index (χ3n) is 5.79. The highest BCUT2D eigenvalue weighted by Gasteiger charge is 2.53. The van der Waals surface area contributed by atoms with Crippen LogP contribution in [0.4, 0.5) is 0 Å². The molecule has 5 atom stereocenters. The molecule has 0 bridgehead atoms. The zero-order valence-electron chi connectivity index (χ0n) is 17.0. The second kappa shape index (κ2) is 8.10. The topological polar surface area (TPSA) is 75.6 Å². The number of rotatable bonds is 6. The van der Waals surface area contributed by atoms with Gasteiger partial charge in [-0.2, -0.15) is 0 Å². The zero-order chi connectivity index (χ0) is 20.5. The van der Waals surface area contributed by atoms with Gasteiger partial charge in [0.25, 0.3) is 0 Å². The molecule has 0 spiro atoms. The Kier molecular flexibility index (Phi) is 5.54. The third-order valence-corrected chi connectivity index (χ3v) is 5.79. The molecule has 7 heteroatoms. The van der Waals surface area contributed by atoms with E-state index in [1.807, 2.05) is 36.4 Å². The number of hydrogen-bond acceptors (Lipinski definition) is 7.